The van der Waals surface area contributed by atoms with Gasteiger partial charge in [0.25, 0.3) is 5.91 Å². The normalized spacial score (nSPS) is 11.2. The molecule has 0 aliphatic carbocycles. The van der Waals surface area contributed by atoms with Gasteiger partial charge >= 0.3 is 6.09 Å². The van der Waals surface area contributed by atoms with Crippen molar-refractivity contribution in [2.24, 2.45) is 0 Å². The molecular formula is C23H26FN5O4S. The first kappa shape index (κ1) is 25.2. The summed E-state index contributed by atoms with van der Waals surface area (Å²) in [5.41, 5.74) is 1.59. The Hall–Kier alpha value is -3.44. The van der Waals surface area contributed by atoms with Crippen LogP contribution in [0, 0.1) is 5.82 Å². The maximum Gasteiger partial charge on any atom is 0.410 e. The molecule has 1 N–H and O–H groups in total. The number of hydrogen-bond donors (Lipinski definition) is 1. The standard InChI is InChI=1S/C23H26FN5O4S/c1-23(2,3)33-22(31)29(4)10-11-32-13-18-16(6-5-9-25-18)19-14-34-21(27-19)28-20(30)17-8-7-15(24)12-26-17/h5-9,12,14H,10-11,13H2,1-4H3,(H,27,28,30). The fraction of sp³-hybridized carbons (Fsp3) is 0.348. The number of hydrogen-bond acceptors (Lipinski definition) is 8. The van der Waals surface area contributed by atoms with Crippen LogP contribution in [-0.2, 0) is 16.1 Å². The van der Waals surface area contributed by atoms with Gasteiger partial charge in [-0.25, -0.2) is 19.2 Å². The number of ether oxygens (including phenoxy) is 2. The zero-order chi connectivity index (χ0) is 24.7. The monoisotopic (exact) mass is 487 g/mol. The second kappa shape index (κ2) is 11.1. The number of thiazole rings is 1. The van der Waals surface area contributed by atoms with Crippen LogP contribution < -0.4 is 5.32 Å². The second-order valence-corrected chi connectivity index (χ2v) is 9.16. The molecule has 3 rings (SSSR count). The van der Waals surface area contributed by atoms with Crippen LogP contribution in [0.3, 0.4) is 0 Å². The highest BCUT2D eigenvalue weighted by molar-refractivity contribution is 7.14. The third-order valence-electron chi connectivity index (χ3n) is 4.37. The largest absolute Gasteiger partial charge is 0.444 e. The number of carbonyl (C=O) groups excluding carboxylic acids is 2. The number of rotatable bonds is 8. The summed E-state index contributed by atoms with van der Waals surface area (Å²) in [4.78, 5) is 38.4. The Bertz CT molecular complexity index is 1130. The number of anilines is 1. The summed E-state index contributed by atoms with van der Waals surface area (Å²) in [6.45, 7) is 6.32. The number of nitrogens with zero attached hydrogens (tertiary/aromatic N) is 4. The number of halogens is 1. The van der Waals surface area contributed by atoms with Gasteiger partial charge in [0.15, 0.2) is 5.13 Å². The average molecular weight is 488 g/mol. The Morgan fingerprint density at radius 3 is 2.71 bits per heavy atom. The zero-order valence-electron chi connectivity index (χ0n) is 19.4. The summed E-state index contributed by atoms with van der Waals surface area (Å²) in [6.07, 6.45) is 2.22. The Labute approximate surface area is 201 Å². The first-order chi connectivity index (χ1) is 16.1. The van der Waals surface area contributed by atoms with Crippen LogP contribution in [0.4, 0.5) is 14.3 Å². The summed E-state index contributed by atoms with van der Waals surface area (Å²) in [5, 5.41) is 4.83. The van der Waals surface area contributed by atoms with Crippen LogP contribution >= 0.6 is 11.3 Å². The van der Waals surface area contributed by atoms with E-state index in [0.717, 1.165) is 11.8 Å². The molecule has 0 bridgehead atoms. The second-order valence-electron chi connectivity index (χ2n) is 8.31. The van der Waals surface area contributed by atoms with E-state index in [0.29, 0.717) is 29.7 Å². The Balaban J connectivity index is 1.57. The van der Waals surface area contributed by atoms with Gasteiger partial charge in [-0.15, -0.1) is 11.3 Å². The first-order valence-electron chi connectivity index (χ1n) is 10.5. The van der Waals surface area contributed by atoms with Crippen molar-refractivity contribution >= 4 is 28.5 Å². The van der Waals surface area contributed by atoms with E-state index in [1.54, 1.807) is 24.7 Å². The van der Waals surface area contributed by atoms with Crippen LogP contribution in [0.5, 0.6) is 0 Å². The molecule has 0 saturated heterocycles. The molecule has 0 aliphatic heterocycles. The maximum absolute atomic E-state index is 13.0. The van der Waals surface area contributed by atoms with E-state index < -0.39 is 23.4 Å². The van der Waals surface area contributed by atoms with Gasteiger partial charge in [0.05, 0.1) is 30.8 Å². The Morgan fingerprint density at radius 2 is 2.00 bits per heavy atom. The molecule has 3 aromatic heterocycles. The Morgan fingerprint density at radius 1 is 1.21 bits per heavy atom. The molecule has 11 heteroatoms. The maximum atomic E-state index is 13.0. The lowest BCUT2D eigenvalue weighted by molar-refractivity contribution is 0.0220. The third kappa shape index (κ3) is 7.29. The number of nitrogens with one attached hydrogen (secondary N) is 1. The Kier molecular flexibility index (Phi) is 8.24. The summed E-state index contributed by atoms with van der Waals surface area (Å²) < 4.78 is 24.1. The molecule has 180 valence electrons. The number of aromatic nitrogens is 3. The minimum absolute atomic E-state index is 0.0879. The molecule has 0 aromatic carbocycles. The van der Waals surface area contributed by atoms with E-state index in [4.69, 9.17) is 9.47 Å². The SMILES string of the molecule is CN(CCOCc1ncccc1-c1csc(NC(=O)c2ccc(F)cn2)n1)C(=O)OC(C)(C)C. The van der Waals surface area contributed by atoms with Crippen molar-refractivity contribution in [2.45, 2.75) is 33.0 Å². The first-order valence-corrected chi connectivity index (χ1v) is 11.3. The molecule has 9 nitrogen and oxygen atoms in total. The molecule has 0 saturated carbocycles. The quantitative estimate of drug-likeness (QED) is 0.470. The molecule has 0 fully saturated rings. The molecule has 0 aliphatic rings. The van der Waals surface area contributed by atoms with Gasteiger partial charge in [-0.3, -0.25) is 15.1 Å². The topological polar surface area (TPSA) is 107 Å². The van der Waals surface area contributed by atoms with E-state index in [-0.39, 0.29) is 12.3 Å². The van der Waals surface area contributed by atoms with Crippen molar-refractivity contribution in [3.05, 3.63) is 59.2 Å². The van der Waals surface area contributed by atoms with E-state index >= 15 is 0 Å². The van der Waals surface area contributed by atoms with Gasteiger partial charge in [0.2, 0.25) is 0 Å². The molecule has 2 amide bonds. The number of amides is 2. The van der Waals surface area contributed by atoms with Crippen LogP contribution in [0.15, 0.2) is 42.0 Å². The lowest BCUT2D eigenvalue weighted by Crippen LogP contribution is -2.36. The van der Waals surface area contributed by atoms with Crippen molar-refractivity contribution in [3.63, 3.8) is 0 Å². The van der Waals surface area contributed by atoms with Crippen LogP contribution in [-0.4, -0.2) is 57.7 Å². The van der Waals surface area contributed by atoms with Gasteiger partial charge in [-0.1, -0.05) is 0 Å². The minimum Gasteiger partial charge on any atom is -0.444 e. The molecule has 0 atom stereocenters. The van der Waals surface area contributed by atoms with Gasteiger partial charge in [0, 0.05) is 30.7 Å². The highest BCUT2D eigenvalue weighted by Gasteiger charge is 2.19. The average Bonchev–Trinajstić information content (AvgIpc) is 3.24. The van der Waals surface area contributed by atoms with Crippen molar-refractivity contribution in [2.75, 3.05) is 25.5 Å². The van der Waals surface area contributed by atoms with Crippen molar-refractivity contribution in [3.8, 4) is 11.3 Å². The van der Waals surface area contributed by atoms with Gasteiger partial charge in [0.1, 0.15) is 17.1 Å². The highest BCUT2D eigenvalue weighted by Crippen LogP contribution is 2.27. The van der Waals surface area contributed by atoms with Crippen molar-refractivity contribution < 1.29 is 23.5 Å². The molecule has 0 radical (unpaired) electrons. The molecular weight excluding hydrogens is 461 g/mol. The third-order valence-corrected chi connectivity index (χ3v) is 5.12. The van der Waals surface area contributed by atoms with Gasteiger partial charge in [-0.05, 0) is 45.0 Å². The predicted molar refractivity (Wildman–Crippen MR) is 126 cm³/mol. The summed E-state index contributed by atoms with van der Waals surface area (Å²) in [5.74, 6) is -0.999. The lowest BCUT2D eigenvalue weighted by Gasteiger charge is -2.24. The van der Waals surface area contributed by atoms with Crippen molar-refractivity contribution in [1.82, 2.24) is 19.9 Å². The van der Waals surface area contributed by atoms with Crippen LogP contribution in [0.1, 0.15) is 37.0 Å². The fourth-order valence-electron chi connectivity index (χ4n) is 2.71. The number of likely N-dealkylation sites (N-methyl/N-ethyl adjacent to an activating group) is 1. The van der Waals surface area contributed by atoms with E-state index in [1.165, 1.54) is 28.4 Å². The molecule has 34 heavy (non-hydrogen) atoms. The van der Waals surface area contributed by atoms with Gasteiger partial charge in [-0.2, -0.15) is 0 Å². The highest BCUT2D eigenvalue weighted by atomic mass is 32.1. The van der Waals surface area contributed by atoms with E-state index in [9.17, 15) is 14.0 Å². The summed E-state index contributed by atoms with van der Waals surface area (Å²) in [6, 6.07) is 6.12. The van der Waals surface area contributed by atoms with Crippen LogP contribution in [0.25, 0.3) is 11.3 Å². The zero-order valence-corrected chi connectivity index (χ0v) is 20.2. The van der Waals surface area contributed by atoms with Gasteiger partial charge < -0.3 is 14.4 Å². The van der Waals surface area contributed by atoms with Crippen LogP contribution in [0.2, 0.25) is 0 Å². The number of carbonyl (C=O) groups is 2. The van der Waals surface area contributed by atoms with E-state index in [2.05, 4.69) is 20.3 Å². The molecule has 0 spiro atoms. The lowest BCUT2D eigenvalue weighted by atomic mass is 10.1. The molecule has 0 unspecified atom stereocenters. The summed E-state index contributed by atoms with van der Waals surface area (Å²) in [7, 11) is 1.65. The van der Waals surface area contributed by atoms with E-state index in [1.807, 2.05) is 26.8 Å². The fourth-order valence-corrected chi connectivity index (χ4v) is 3.42. The summed E-state index contributed by atoms with van der Waals surface area (Å²) >= 11 is 1.25. The smallest absolute Gasteiger partial charge is 0.410 e. The van der Waals surface area contributed by atoms with Crippen molar-refractivity contribution in [1.29, 1.82) is 0 Å². The molecule has 3 heterocycles. The molecule has 3 aromatic rings. The number of pyridine rings is 2. The predicted octanol–water partition coefficient (Wildman–Crippen LogP) is 4.38. The minimum atomic E-state index is -0.559.